The molecule has 25 heavy (non-hydrogen) atoms. The van der Waals surface area contributed by atoms with Crippen LogP contribution < -0.4 is 4.72 Å². The molecule has 1 N–H and O–H groups in total. The number of halogens is 3. The van der Waals surface area contributed by atoms with Crippen molar-refractivity contribution in [3.05, 3.63) is 33.8 Å². The van der Waals surface area contributed by atoms with E-state index in [1.165, 1.54) is 0 Å². The predicted octanol–water partition coefficient (Wildman–Crippen LogP) is 4.55. The van der Waals surface area contributed by atoms with E-state index in [0.29, 0.717) is 0 Å². The molecular formula is C17H24BrF2NO3S. The molecule has 0 radical (unpaired) electrons. The first-order valence-electron chi connectivity index (χ1n) is 7.75. The molecule has 1 aromatic carbocycles. The third-order valence-electron chi connectivity index (χ3n) is 2.99. The number of hydrogen-bond donors (Lipinski definition) is 1. The van der Waals surface area contributed by atoms with Gasteiger partial charge in [-0.1, -0.05) is 15.9 Å². The second kappa shape index (κ2) is 8.33. The van der Waals surface area contributed by atoms with Crippen molar-refractivity contribution in [1.82, 2.24) is 4.72 Å². The van der Waals surface area contributed by atoms with E-state index in [4.69, 9.17) is 4.74 Å². The molecule has 0 unspecified atom stereocenters. The second-order valence-electron chi connectivity index (χ2n) is 7.63. The van der Waals surface area contributed by atoms with Gasteiger partial charge >= 0.3 is 5.97 Å². The molecular weight excluding hydrogens is 416 g/mol. The molecule has 0 spiro atoms. The fraction of sp³-hybridized carbons (Fsp3) is 0.588. The summed E-state index contributed by atoms with van der Waals surface area (Å²) in [6.45, 7) is 10.4. The van der Waals surface area contributed by atoms with Crippen LogP contribution in [0.1, 0.15) is 59.6 Å². The Morgan fingerprint density at radius 1 is 1.28 bits per heavy atom. The van der Waals surface area contributed by atoms with Crippen LogP contribution in [0.4, 0.5) is 8.78 Å². The minimum Gasteiger partial charge on any atom is -0.598 e. The Hall–Kier alpha value is -0.700. The van der Waals surface area contributed by atoms with Crippen LogP contribution in [0.15, 0.2) is 16.6 Å². The maximum Gasteiger partial charge on any atom is 0.308 e. The molecule has 0 aliphatic rings. The average Bonchev–Trinajstić information content (AvgIpc) is 2.33. The molecule has 0 aromatic heterocycles. The Balaban J connectivity index is 3.18. The van der Waals surface area contributed by atoms with E-state index >= 15 is 0 Å². The zero-order chi connectivity index (χ0) is 19.6. The zero-order valence-corrected chi connectivity index (χ0v) is 17.6. The van der Waals surface area contributed by atoms with E-state index in [0.717, 1.165) is 12.1 Å². The van der Waals surface area contributed by atoms with Crippen molar-refractivity contribution in [3.8, 4) is 0 Å². The van der Waals surface area contributed by atoms with Gasteiger partial charge in [-0.3, -0.25) is 4.79 Å². The first kappa shape index (κ1) is 22.3. The summed E-state index contributed by atoms with van der Waals surface area (Å²) in [6, 6.07) is 0.886. The summed E-state index contributed by atoms with van der Waals surface area (Å²) in [5.41, 5.74) is -0.673. The minimum absolute atomic E-state index is 0.0323. The molecule has 8 heteroatoms. The van der Waals surface area contributed by atoms with Gasteiger partial charge in [0.2, 0.25) is 0 Å². The molecule has 4 nitrogen and oxygen atoms in total. The van der Waals surface area contributed by atoms with E-state index in [9.17, 15) is 18.1 Å². The highest BCUT2D eigenvalue weighted by Crippen LogP contribution is 2.32. The van der Waals surface area contributed by atoms with Crippen molar-refractivity contribution >= 4 is 33.3 Å². The topological polar surface area (TPSA) is 61.4 Å². The highest BCUT2D eigenvalue weighted by molar-refractivity contribution is 9.10. The second-order valence-corrected chi connectivity index (χ2v) is 10.5. The molecule has 0 bridgehead atoms. The Bertz CT molecular complexity index is 606. The number of esters is 1. The summed E-state index contributed by atoms with van der Waals surface area (Å²) in [5.74, 6) is -2.16. The van der Waals surface area contributed by atoms with Crippen LogP contribution in [0.25, 0.3) is 0 Å². The van der Waals surface area contributed by atoms with Gasteiger partial charge in [-0.25, -0.2) is 8.78 Å². The van der Waals surface area contributed by atoms with E-state index in [-0.39, 0.29) is 16.5 Å². The average molecular weight is 440 g/mol. The number of carbonyl (C=O) groups excluding carboxylic acids is 1. The number of carbonyl (C=O) groups is 1. The van der Waals surface area contributed by atoms with Crippen LogP contribution in [0, 0.1) is 11.6 Å². The summed E-state index contributed by atoms with van der Waals surface area (Å²) in [4.78, 5) is 12.2. The van der Waals surface area contributed by atoms with Gasteiger partial charge in [0.15, 0.2) is 0 Å². The van der Waals surface area contributed by atoms with E-state index < -0.39 is 45.4 Å². The van der Waals surface area contributed by atoms with E-state index in [2.05, 4.69) is 20.7 Å². The predicted molar refractivity (Wildman–Crippen MR) is 98.3 cm³/mol. The van der Waals surface area contributed by atoms with Gasteiger partial charge in [-0.15, -0.1) is 4.72 Å². The van der Waals surface area contributed by atoms with Crippen molar-refractivity contribution < 1.29 is 22.9 Å². The number of ether oxygens (including phenoxy) is 1. The lowest BCUT2D eigenvalue weighted by Gasteiger charge is -2.29. The largest absolute Gasteiger partial charge is 0.598 e. The smallest absolute Gasteiger partial charge is 0.308 e. The summed E-state index contributed by atoms with van der Waals surface area (Å²) in [5, 5.41) is 0. The van der Waals surface area contributed by atoms with Crippen molar-refractivity contribution in [3.63, 3.8) is 0 Å². The van der Waals surface area contributed by atoms with Gasteiger partial charge in [0.1, 0.15) is 22.0 Å². The fourth-order valence-corrected chi connectivity index (χ4v) is 3.44. The molecule has 0 amide bonds. The highest BCUT2D eigenvalue weighted by Gasteiger charge is 2.34. The van der Waals surface area contributed by atoms with Crippen LogP contribution in [0.5, 0.6) is 0 Å². The Kier molecular flexibility index (Phi) is 7.44. The maximum absolute atomic E-state index is 14.3. The van der Waals surface area contributed by atoms with Crippen LogP contribution >= 0.6 is 15.9 Å². The Morgan fingerprint density at radius 2 is 1.84 bits per heavy atom. The zero-order valence-electron chi connectivity index (χ0n) is 15.2. The molecule has 1 aromatic rings. The molecule has 142 valence electrons. The highest BCUT2D eigenvalue weighted by atomic mass is 79.9. The Morgan fingerprint density at radius 3 is 2.28 bits per heavy atom. The summed E-state index contributed by atoms with van der Waals surface area (Å²) < 4.78 is 47.7. The van der Waals surface area contributed by atoms with Crippen LogP contribution in [-0.4, -0.2) is 20.9 Å². The summed E-state index contributed by atoms with van der Waals surface area (Å²) in [6.07, 6.45) is -0.250. The first-order valence-corrected chi connectivity index (χ1v) is 9.69. The minimum atomic E-state index is -1.57. The van der Waals surface area contributed by atoms with Crippen molar-refractivity contribution in [2.45, 2.75) is 64.4 Å². The number of benzene rings is 1. The van der Waals surface area contributed by atoms with Crippen LogP contribution in [-0.2, 0) is 20.9 Å². The number of rotatable bonds is 5. The van der Waals surface area contributed by atoms with Gasteiger partial charge in [0, 0.05) is 27.5 Å². The Labute approximate surface area is 159 Å². The molecule has 1 rings (SSSR count). The molecule has 0 fully saturated rings. The standard InChI is InChI=1S/C17H24BrF2NO3S/c1-16(2,3)24-14(22)9-13(21-25(23)17(4,5)6)15-11(18)7-10(19)8-12(15)20/h7-8,13,21H,9H2,1-6H3/t13-,25+/m1/s1. The number of hydrogen-bond acceptors (Lipinski definition) is 4. The molecule has 0 saturated carbocycles. The van der Waals surface area contributed by atoms with Gasteiger partial charge in [0.05, 0.1) is 12.5 Å². The van der Waals surface area contributed by atoms with Crippen molar-refractivity contribution in [1.29, 1.82) is 0 Å². The normalized spacial score (nSPS) is 15.0. The molecule has 2 atom stereocenters. The van der Waals surface area contributed by atoms with Gasteiger partial charge < -0.3 is 9.29 Å². The van der Waals surface area contributed by atoms with Gasteiger partial charge in [-0.05, 0) is 47.6 Å². The third-order valence-corrected chi connectivity index (χ3v) is 5.26. The van der Waals surface area contributed by atoms with Crippen molar-refractivity contribution in [2.24, 2.45) is 0 Å². The lowest BCUT2D eigenvalue weighted by Crippen LogP contribution is -2.42. The quantitative estimate of drug-likeness (QED) is 0.539. The molecule has 0 aliphatic carbocycles. The number of nitrogens with one attached hydrogen (secondary N) is 1. The monoisotopic (exact) mass is 439 g/mol. The molecule has 0 heterocycles. The summed E-state index contributed by atoms with van der Waals surface area (Å²) in [7, 11) is 0. The van der Waals surface area contributed by atoms with Crippen molar-refractivity contribution in [2.75, 3.05) is 0 Å². The van der Waals surface area contributed by atoms with Gasteiger partial charge in [0.25, 0.3) is 0 Å². The molecule has 0 saturated heterocycles. The molecule has 0 aliphatic heterocycles. The first-order chi connectivity index (χ1) is 11.2. The van der Waals surface area contributed by atoms with Gasteiger partial charge in [-0.2, -0.15) is 0 Å². The lowest BCUT2D eigenvalue weighted by molar-refractivity contribution is -0.155. The maximum atomic E-state index is 14.3. The van der Waals surface area contributed by atoms with Crippen LogP contribution in [0.2, 0.25) is 0 Å². The summed E-state index contributed by atoms with van der Waals surface area (Å²) >= 11 is 1.55. The fourth-order valence-electron chi connectivity index (χ4n) is 1.94. The third kappa shape index (κ3) is 7.21. The van der Waals surface area contributed by atoms with Crippen LogP contribution in [0.3, 0.4) is 0 Å². The SMILES string of the molecule is CC(C)(C)OC(=O)C[C@@H](N[S@@+]([O-])C(C)(C)C)c1c(F)cc(F)cc1Br. The lowest BCUT2D eigenvalue weighted by atomic mass is 10.0. The van der Waals surface area contributed by atoms with E-state index in [1.807, 2.05) is 0 Å². The van der Waals surface area contributed by atoms with E-state index in [1.54, 1.807) is 41.5 Å².